The van der Waals surface area contributed by atoms with Crippen LogP contribution in [0.2, 0.25) is 0 Å². The predicted molar refractivity (Wildman–Crippen MR) is 101 cm³/mol. The Balaban J connectivity index is 2.05. The van der Waals surface area contributed by atoms with Crippen molar-refractivity contribution in [1.82, 2.24) is 15.3 Å². The summed E-state index contributed by atoms with van der Waals surface area (Å²) in [7, 11) is 0. The number of halogens is 6. The van der Waals surface area contributed by atoms with E-state index in [1.165, 1.54) is 0 Å². The van der Waals surface area contributed by atoms with Crippen molar-refractivity contribution in [3.05, 3.63) is 94.6 Å². The molecule has 0 fully saturated rings. The Kier molecular flexibility index (Phi) is 6.38. The summed E-state index contributed by atoms with van der Waals surface area (Å²) >= 11 is 0. The smallest absolute Gasteiger partial charge is 0.418 e. The maximum Gasteiger partial charge on any atom is 0.418 e. The molecule has 3 aromatic rings. The molecule has 0 saturated carbocycles. The number of aromatic carboxylic acids is 1. The Morgan fingerprint density at radius 1 is 0.879 bits per heavy atom. The number of hydrogen-bond acceptors (Lipinski definition) is 4. The molecule has 1 amide bonds. The van der Waals surface area contributed by atoms with Gasteiger partial charge in [0.2, 0.25) is 0 Å². The van der Waals surface area contributed by atoms with E-state index in [2.05, 4.69) is 15.3 Å². The second-order valence-corrected chi connectivity index (χ2v) is 6.70. The lowest BCUT2D eigenvalue weighted by Crippen LogP contribution is -2.32. The fraction of sp³-hybridized carbons (Fsp3) is 0.143. The molecule has 2 heterocycles. The van der Waals surface area contributed by atoms with E-state index < -0.39 is 47.1 Å². The minimum Gasteiger partial charge on any atom is -0.478 e. The molecule has 2 aromatic heterocycles. The summed E-state index contributed by atoms with van der Waals surface area (Å²) in [6, 6.07) is 5.50. The van der Waals surface area contributed by atoms with E-state index in [1.807, 2.05) is 0 Å². The van der Waals surface area contributed by atoms with Gasteiger partial charge in [0.1, 0.15) is 5.69 Å². The van der Waals surface area contributed by atoms with Crippen LogP contribution in [0.5, 0.6) is 0 Å². The summed E-state index contributed by atoms with van der Waals surface area (Å²) in [4.78, 5) is 31.0. The third-order valence-corrected chi connectivity index (χ3v) is 4.51. The normalized spacial score (nSPS) is 12.8. The van der Waals surface area contributed by atoms with E-state index in [0.717, 1.165) is 48.8 Å². The van der Waals surface area contributed by atoms with Crippen LogP contribution in [0.1, 0.15) is 49.3 Å². The number of carbonyl (C=O) groups is 2. The summed E-state index contributed by atoms with van der Waals surface area (Å²) in [6.45, 7) is 0. The number of carbonyl (C=O) groups excluding carboxylic acids is 1. The van der Waals surface area contributed by atoms with E-state index in [0.29, 0.717) is 12.1 Å². The maximum atomic E-state index is 13.6. The number of benzene rings is 1. The molecule has 0 spiro atoms. The number of aromatic nitrogens is 2. The lowest BCUT2D eigenvalue weighted by Gasteiger charge is -2.22. The van der Waals surface area contributed by atoms with Gasteiger partial charge in [0, 0.05) is 12.4 Å². The molecule has 1 aromatic carbocycles. The highest BCUT2D eigenvalue weighted by molar-refractivity contribution is 5.94. The lowest BCUT2D eigenvalue weighted by atomic mass is 9.97. The molecule has 12 heteroatoms. The van der Waals surface area contributed by atoms with Crippen LogP contribution in [0, 0.1) is 0 Å². The van der Waals surface area contributed by atoms with Gasteiger partial charge in [0.15, 0.2) is 0 Å². The van der Waals surface area contributed by atoms with E-state index in [-0.39, 0.29) is 16.8 Å². The minimum absolute atomic E-state index is 0.0947. The summed E-state index contributed by atoms with van der Waals surface area (Å²) in [5, 5.41) is 11.2. The van der Waals surface area contributed by atoms with E-state index >= 15 is 0 Å². The van der Waals surface area contributed by atoms with Crippen molar-refractivity contribution in [2.75, 3.05) is 0 Å². The molecule has 6 nitrogen and oxygen atoms in total. The number of alkyl halides is 6. The van der Waals surface area contributed by atoms with Gasteiger partial charge < -0.3 is 10.4 Å². The molecule has 1 atom stereocenters. The van der Waals surface area contributed by atoms with Crippen LogP contribution in [0.25, 0.3) is 0 Å². The molecule has 172 valence electrons. The van der Waals surface area contributed by atoms with Gasteiger partial charge in [-0.1, -0.05) is 12.1 Å². The first-order chi connectivity index (χ1) is 15.4. The Bertz CT molecular complexity index is 1160. The first-order valence-electron chi connectivity index (χ1n) is 9.07. The number of carboxylic acids is 1. The summed E-state index contributed by atoms with van der Waals surface area (Å²) in [5.74, 6) is -2.30. The fourth-order valence-corrected chi connectivity index (χ4v) is 2.92. The fourth-order valence-electron chi connectivity index (χ4n) is 2.92. The molecule has 0 unspecified atom stereocenters. The molecule has 0 bridgehead atoms. The van der Waals surface area contributed by atoms with Crippen molar-refractivity contribution in [2.45, 2.75) is 18.4 Å². The van der Waals surface area contributed by atoms with Crippen molar-refractivity contribution < 1.29 is 41.0 Å². The van der Waals surface area contributed by atoms with Crippen LogP contribution in [-0.2, 0) is 12.4 Å². The molecule has 0 aliphatic rings. The quantitative estimate of drug-likeness (QED) is 0.527. The summed E-state index contributed by atoms with van der Waals surface area (Å²) in [5.41, 5.74) is -3.50. The number of hydrogen-bond donors (Lipinski definition) is 2. The zero-order chi connectivity index (χ0) is 24.4. The van der Waals surface area contributed by atoms with Crippen molar-refractivity contribution in [3.63, 3.8) is 0 Å². The van der Waals surface area contributed by atoms with Crippen LogP contribution >= 0.6 is 0 Å². The largest absolute Gasteiger partial charge is 0.478 e. The summed E-state index contributed by atoms with van der Waals surface area (Å²) in [6.07, 6.45) is -7.60. The van der Waals surface area contributed by atoms with Gasteiger partial charge >= 0.3 is 18.3 Å². The van der Waals surface area contributed by atoms with E-state index in [9.17, 15) is 35.9 Å². The molecule has 0 radical (unpaired) electrons. The number of nitrogens with one attached hydrogen (secondary N) is 1. The number of rotatable bonds is 5. The van der Waals surface area contributed by atoms with Crippen LogP contribution in [-0.4, -0.2) is 27.0 Å². The molecule has 2 N–H and O–H groups in total. The lowest BCUT2D eigenvalue weighted by molar-refractivity contribution is -0.139. The van der Waals surface area contributed by atoms with Gasteiger partial charge in [-0.2, -0.15) is 26.3 Å². The van der Waals surface area contributed by atoms with Crippen molar-refractivity contribution >= 4 is 11.9 Å². The molecule has 0 saturated heterocycles. The molecule has 33 heavy (non-hydrogen) atoms. The number of pyridine rings is 2. The average molecular weight is 469 g/mol. The zero-order valence-corrected chi connectivity index (χ0v) is 16.3. The van der Waals surface area contributed by atoms with Crippen molar-refractivity contribution in [2.24, 2.45) is 0 Å². The molecule has 0 aliphatic heterocycles. The van der Waals surface area contributed by atoms with Gasteiger partial charge in [-0.25, -0.2) is 4.79 Å². The molecular weight excluding hydrogens is 456 g/mol. The minimum atomic E-state index is -4.86. The number of amides is 1. The van der Waals surface area contributed by atoms with Crippen LogP contribution < -0.4 is 5.32 Å². The van der Waals surface area contributed by atoms with Crippen LogP contribution in [0.15, 0.2) is 60.9 Å². The highest BCUT2D eigenvalue weighted by atomic mass is 19.4. The maximum absolute atomic E-state index is 13.6. The Morgan fingerprint density at radius 2 is 1.55 bits per heavy atom. The van der Waals surface area contributed by atoms with Gasteiger partial charge in [-0.05, 0) is 42.0 Å². The topological polar surface area (TPSA) is 92.2 Å². The summed E-state index contributed by atoms with van der Waals surface area (Å²) < 4.78 is 79.4. The highest BCUT2D eigenvalue weighted by Gasteiger charge is 2.37. The standard InChI is InChI=1S/C21H13F6N3O3/c22-20(23,24)13-6-3-11(4-7-13)16(17-14(21(25,26)27)2-1-9-28-17)30-18(31)15-8-5-12(10-29-15)19(32)33/h1-10,16H,(H,30,31)(H,32,33)/t16-/m0/s1. The number of carboxylic acid groups (broad SMARTS) is 1. The zero-order valence-electron chi connectivity index (χ0n) is 16.3. The SMILES string of the molecule is O=C(O)c1ccc(C(=O)N[C@@H](c2ccc(C(F)(F)F)cc2)c2ncccc2C(F)(F)F)nc1. The van der Waals surface area contributed by atoms with E-state index in [4.69, 9.17) is 5.11 Å². The second kappa shape index (κ2) is 8.88. The van der Waals surface area contributed by atoms with Crippen LogP contribution in [0.4, 0.5) is 26.3 Å². The van der Waals surface area contributed by atoms with Gasteiger partial charge in [0.05, 0.1) is 28.4 Å². The van der Waals surface area contributed by atoms with Gasteiger partial charge in [-0.15, -0.1) is 0 Å². The second-order valence-electron chi connectivity index (χ2n) is 6.70. The van der Waals surface area contributed by atoms with E-state index in [1.54, 1.807) is 0 Å². The first-order valence-corrected chi connectivity index (χ1v) is 9.07. The Morgan fingerprint density at radius 3 is 2.06 bits per heavy atom. The third-order valence-electron chi connectivity index (χ3n) is 4.51. The van der Waals surface area contributed by atoms with Gasteiger partial charge in [0.25, 0.3) is 5.91 Å². The monoisotopic (exact) mass is 469 g/mol. The van der Waals surface area contributed by atoms with Crippen molar-refractivity contribution in [1.29, 1.82) is 0 Å². The first kappa shape index (κ1) is 23.7. The molecular formula is C21H13F6N3O3. The number of nitrogens with zero attached hydrogens (tertiary/aromatic N) is 2. The van der Waals surface area contributed by atoms with Gasteiger partial charge in [-0.3, -0.25) is 14.8 Å². The Labute approximate surface area is 181 Å². The van der Waals surface area contributed by atoms with Crippen LogP contribution in [0.3, 0.4) is 0 Å². The third kappa shape index (κ3) is 5.45. The molecule has 0 aliphatic carbocycles. The highest BCUT2D eigenvalue weighted by Crippen LogP contribution is 2.36. The average Bonchev–Trinajstić information content (AvgIpc) is 2.76. The Hall–Kier alpha value is -3.96. The molecule has 3 rings (SSSR count). The predicted octanol–water partition coefficient (Wildman–Crippen LogP) is 4.73. The van der Waals surface area contributed by atoms with Crippen molar-refractivity contribution in [3.8, 4) is 0 Å².